The Balaban J connectivity index is 0.00000192. The van der Waals surface area contributed by atoms with Crippen LogP contribution in [0.4, 0.5) is 11.4 Å². The van der Waals surface area contributed by atoms with Crippen LogP contribution in [0.2, 0.25) is 0 Å². The molecule has 4 N–H and O–H groups in total. The molecule has 0 bridgehead atoms. The number of nitrogens with one attached hydrogen (secondary N) is 2. The Morgan fingerprint density at radius 2 is 1.74 bits per heavy atom. The molecule has 122 valence electrons. The van der Waals surface area contributed by atoms with Crippen molar-refractivity contribution in [2.24, 2.45) is 11.7 Å². The zero-order chi connectivity index (χ0) is 15.4. The normalized spacial score (nSPS) is 14.5. The predicted molar refractivity (Wildman–Crippen MR) is 96.4 cm³/mol. The lowest BCUT2D eigenvalue weighted by Gasteiger charge is -2.18. The largest absolute Gasteiger partial charge is 0.355 e. The SMILES string of the molecule is Cl.NCC(NC(=O)c1ccccc1Nc1ccccc1)C1CC1. The van der Waals surface area contributed by atoms with Gasteiger partial charge in [0.1, 0.15) is 0 Å². The molecule has 2 aromatic rings. The fourth-order valence-corrected chi connectivity index (χ4v) is 2.58. The quantitative estimate of drug-likeness (QED) is 0.760. The summed E-state index contributed by atoms with van der Waals surface area (Å²) >= 11 is 0. The summed E-state index contributed by atoms with van der Waals surface area (Å²) < 4.78 is 0. The van der Waals surface area contributed by atoms with Crippen LogP contribution < -0.4 is 16.4 Å². The Bertz CT molecular complexity index is 644. The second-order valence-corrected chi connectivity index (χ2v) is 5.69. The van der Waals surface area contributed by atoms with Crippen LogP contribution in [0.1, 0.15) is 23.2 Å². The number of amides is 1. The van der Waals surface area contributed by atoms with Crippen LogP contribution in [0.5, 0.6) is 0 Å². The van der Waals surface area contributed by atoms with Gasteiger partial charge >= 0.3 is 0 Å². The van der Waals surface area contributed by atoms with Crippen molar-refractivity contribution in [1.29, 1.82) is 0 Å². The first-order valence-electron chi connectivity index (χ1n) is 7.70. The van der Waals surface area contributed by atoms with E-state index >= 15 is 0 Å². The number of halogens is 1. The molecule has 2 aromatic carbocycles. The summed E-state index contributed by atoms with van der Waals surface area (Å²) in [6.07, 6.45) is 2.32. The molecule has 0 radical (unpaired) electrons. The molecule has 1 fully saturated rings. The Hall–Kier alpha value is -2.04. The number of rotatable bonds is 6. The van der Waals surface area contributed by atoms with Crippen molar-refractivity contribution in [2.75, 3.05) is 11.9 Å². The third-order valence-corrected chi connectivity index (χ3v) is 3.99. The van der Waals surface area contributed by atoms with Gasteiger partial charge < -0.3 is 16.4 Å². The van der Waals surface area contributed by atoms with Gasteiger partial charge in [0, 0.05) is 18.3 Å². The third kappa shape index (κ3) is 4.47. The van der Waals surface area contributed by atoms with Crippen molar-refractivity contribution in [1.82, 2.24) is 5.32 Å². The van der Waals surface area contributed by atoms with Gasteiger partial charge in [-0.05, 0) is 43.0 Å². The van der Waals surface area contributed by atoms with E-state index in [9.17, 15) is 4.79 Å². The minimum absolute atomic E-state index is 0. The van der Waals surface area contributed by atoms with Crippen LogP contribution in [-0.4, -0.2) is 18.5 Å². The Morgan fingerprint density at radius 1 is 1.09 bits per heavy atom. The fourth-order valence-electron chi connectivity index (χ4n) is 2.58. The maximum atomic E-state index is 12.6. The highest BCUT2D eigenvalue weighted by molar-refractivity contribution is 6.00. The first-order chi connectivity index (χ1) is 10.8. The molecule has 1 saturated carbocycles. The lowest BCUT2D eigenvalue weighted by Crippen LogP contribution is -2.41. The van der Waals surface area contributed by atoms with E-state index in [1.54, 1.807) is 0 Å². The molecule has 0 aliphatic heterocycles. The Labute approximate surface area is 142 Å². The summed E-state index contributed by atoms with van der Waals surface area (Å²) in [5, 5.41) is 6.36. The molecule has 1 unspecified atom stereocenters. The van der Waals surface area contributed by atoms with Gasteiger partial charge in [0.05, 0.1) is 11.3 Å². The molecule has 0 saturated heterocycles. The average Bonchev–Trinajstić information content (AvgIpc) is 3.39. The monoisotopic (exact) mass is 331 g/mol. The average molecular weight is 332 g/mol. The second kappa shape index (κ2) is 7.99. The molecule has 0 spiro atoms. The summed E-state index contributed by atoms with van der Waals surface area (Å²) in [6.45, 7) is 0.491. The number of carbonyl (C=O) groups is 1. The van der Waals surface area contributed by atoms with Crippen LogP contribution >= 0.6 is 12.4 Å². The maximum Gasteiger partial charge on any atom is 0.253 e. The van der Waals surface area contributed by atoms with E-state index in [0.717, 1.165) is 24.2 Å². The van der Waals surface area contributed by atoms with Gasteiger partial charge in [0.2, 0.25) is 0 Å². The lowest BCUT2D eigenvalue weighted by molar-refractivity contribution is 0.0934. The van der Waals surface area contributed by atoms with E-state index in [-0.39, 0.29) is 24.4 Å². The summed E-state index contributed by atoms with van der Waals surface area (Å²) in [6, 6.07) is 17.5. The van der Waals surface area contributed by atoms with Crippen LogP contribution in [0, 0.1) is 5.92 Å². The summed E-state index contributed by atoms with van der Waals surface area (Å²) in [4.78, 5) is 12.6. The second-order valence-electron chi connectivity index (χ2n) is 5.69. The van der Waals surface area contributed by atoms with Gasteiger partial charge in [-0.25, -0.2) is 0 Å². The van der Waals surface area contributed by atoms with Gasteiger partial charge in [-0.1, -0.05) is 30.3 Å². The predicted octanol–water partition coefficient (Wildman–Crippen LogP) is 3.32. The van der Waals surface area contributed by atoms with Crippen molar-refractivity contribution in [3.05, 3.63) is 60.2 Å². The first-order valence-corrected chi connectivity index (χ1v) is 7.70. The fraction of sp³-hybridized carbons (Fsp3) is 0.278. The molecule has 1 amide bonds. The summed E-state index contributed by atoms with van der Waals surface area (Å²) in [5.41, 5.74) is 8.18. The van der Waals surface area contributed by atoms with E-state index in [1.165, 1.54) is 0 Å². The third-order valence-electron chi connectivity index (χ3n) is 3.99. The van der Waals surface area contributed by atoms with Crippen LogP contribution in [0.15, 0.2) is 54.6 Å². The smallest absolute Gasteiger partial charge is 0.253 e. The molecule has 4 nitrogen and oxygen atoms in total. The maximum absolute atomic E-state index is 12.6. The topological polar surface area (TPSA) is 67.1 Å². The van der Waals surface area contributed by atoms with Gasteiger partial charge in [-0.15, -0.1) is 12.4 Å². The molecule has 23 heavy (non-hydrogen) atoms. The summed E-state index contributed by atoms with van der Waals surface area (Å²) in [5.74, 6) is 0.476. The zero-order valence-electron chi connectivity index (χ0n) is 12.9. The molecule has 3 rings (SSSR count). The number of carbonyl (C=O) groups excluding carboxylic acids is 1. The van der Waals surface area contributed by atoms with E-state index in [2.05, 4.69) is 10.6 Å². The van der Waals surface area contributed by atoms with Crippen molar-refractivity contribution >= 4 is 29.7 Å². The minimum Gasteiger partial charge on any atom is -0.355 e. The molecular weight excluding hydrogens is 310 g/mol. The molecular formula is C18H22ClN3O. The van der Waals surface area contributed by atoms with Gasteiger partial charge in [0.15, 0.2) is 0 Å². The lowest BCUT2D eigenvalue weighted by atomic mass is 10.1. The molecule has 1 atom stereocenters. The molecule has 0 aromatic heterocycles. The van der Waals surface area contributed by atoms with Crippen LogP contribution in [-0.2, 0) is 0 Å². The van der Waals surface area contributed by atoms with Gasteiger partial charge in [-0.3, -0.25) is 4.79 Å². The van der Waals surface area contributed by atoms with Crippen molar-refractivity contribution < 1.29 is 4.79 Å². The highest BCUT2D eigenvalue weighted by Gasteiger charge is 2.31. The Kier molecular flexibility index (Phi) is 6.02. The Morgan fingerprint density at radius 3 is 2.39 bits per heavy atom. The van der Waals surface area contributed by atoms with Crippen molar-refractivity contribution in [2.45, 2.75) is 18.9 Å². The zero-order valence-corrected chi connectivity index (χ0v) is 13.7. The number of anilines is 2. The number of hydrogen-bond acceptors (Lipinski definition) is 3. The highest BCUT2D eigenvalue weighted by Crippen LogP contribution is 2.32. The highest BCUT2D eigenvalue weighted by atomic mass is 35.5. The van der Waals surface area contributed by atoms with E-state index in [0.29, 0.717) is 18.0 Å². The number of hydrogen-bond donors (Lipinski definition) is 3. The van der Waals surface area contributed by atoms with Crippen molar-refractivity contribution in [3.63, 3.8) is 0 Å². The molecule has 1 aliphatic rings. The van der Waals surface area contributed by atoms with Crippen LogP contribution in [0.25, 0.3) is 0 Å². The minimum atomic E-state index is -0.0682. The molecule has 0 heterocycles. The number of para-hydroxylation sites is 2. The standard InChI is InChI=1S/C18H21N3O.ClH/c19-12-17(13-10-11-13)21-18(22)15-8-4-5-9-16(15)20-14-6-2-1-3-7-14;/h1-9,13,17,20H,10-12,19H2,(H,21,22);1H. The molecule has 1 aliphatic carbocycles. The van der Waals surface area contributed by atoms with Gasteiger partial charge in [-0.2, -0.15) is 0 Å². The number of benzene rings is 2. The molecule has 5 heteroatoms. The van der Waals surface area contributed by atoms with Gasteiger partial charge in [0.25, 0.3) is 5.91 Å². The van der Waals surface area contributed by atoms with Crippen molar-refractivity contribution in [3.8, 4) is 0 Å². The number of nitrogens with two attached hydrogens (primary N) is 1. The van der Waals surface area contributed by atoms with E-state index in [4.69, 9.17) is 5.73 Å². The van der Waals surface area contributed by atoms with E-state index in [1.807, 2.05) is 54.6 Å². The van der Waals surface area contributed by atoms with Crippen LogP contribution in [0.3, 0.4) is 0 Å². The van der Waals surface area contributed by atoms with E-state index < -0.39 is 0 Å². The first kappa shape index (κ1) is 17.3. The summed E-state index contributed by atoms with van der Waals surface area (Å²) in [7, 11) is 0.